The Hall–Kier alpha value is -2.88. The number of nitrogens with one attached hydrogen (secondary N) is 1. The average Bonchev–Trinajstić information content (AvgIpc) is 3.18. The molecule has 0 saturated carbocycles. The maximum absolute atomic E-state index is 12.9. The molecule has 0 aliphatic carbocycles. The first kappa shape index (κ1) is 22.8. The van der Waals surface area contributed by atoms with Crippen LogP contribution in [0.5, 0.6) is 0 Å². The predicted octanol–water partition coefficient (Wildman–Crippen LogP) is 0.238. The highest BCUT2D eigenvalue weighted by Gasteiger charge is 2.41. The lowest BCUT2D eigenvalue weighted by Gasteiger charge is -2.29. The lowest BCUT2D eigenvalue weighted by Crippen LogP contribution is -2.53. The smallest absolute Gasteiger partial charge is 0.243 e. The van der Waals surface area contributed by atoms with Gasteiger partial charge in [-0.3, -0.25) is 9.59 Å². The summed E-state index contributed by atoms with van der Waals surface area (Å²) in [5.74, 6) is -0.880. The highest BCUT2D eigenvalue weighted by Crippen LogP contribution is 2.23. The zero-order valence-corrected chi connectivity index (χ0v) is 17.7. The number of carbonyl (C=O) groups is 2. The molecule has 5 N–H and O–H groups in total. The molecular weight excluding hydrogens is 398 g/mol. The van der Waals surface area contributed by atoms with Crippen LogP contribution in [0.1, 0.15) is 31.9 Å². The second-order valence-electron chi connectivity index (χ2n) is 8.16. The second-order valence-corrected chi connectivity index (χ2v) is 8.16. The van der Waals surface area contributed by atoms with Crippen molar-refractivity contribution in [3.63, 3.8) is 0 Å². The topological polar surface area (TPSA) is 142 Å². The molecule has 2 heterocycles. The lowest BCUT2D eigenvalue weighted by atomic mass is 10.0. The first-order valence-electron chi connectivity index (χ1n) is 10.3. The number of aliphatic hydroxyl groups excluding tert-OH is 2. The zero-order valence-electron chi connectivity index (χ0n) is 17.7. The van der Waals surface area contributed by atoms with E-state index in [0.29, 0.717) is 5.56 Å². The molecule has 1 aromatic heterocycles. The number of carbonyl (C=O) groups excluding carboxylic acids is 2. The van der Waals surface area contributed by atoms with Gasteiger partial charge in [-0.1, -0.05) is 38.1 Å². The summed E-state index contributed by atoms with van der Waals surface area (Å²) in [5.41, 5.74) is 8.45. The number of nitrogens with zero attached hydrogens (tertiary/aromatic N) is 3. The van der Waals surface area contributed by atoms with Gasteiger partial charge in [-0.15, -0.1) is 0 Å². The van der Waals surface area contributed by atoms with E-state index in [9.17, 15) is 19.8 Å². The number of aliphatic hydroxyl groups is 2. The fourth-order valence-corrected chi connectivity index (χ4v) is 3.64. The third-order valence-electron chi connectivity index (χ3n) is 5.57. The van der Waals surface area contributed by atoms with Gasteiger partial charge in [-0.05, 0) is 17.0 Å². The summed E-state index contributed by atoms with van der Waals surface area (Å²) in [6.07, 6.45) is 4.20. The molecule has 9 heteroatoms. The Bertz CT molecular complexity index is 891. The molecule has 166 valence electrons. The van der Waals surface area contributed by atoms with Gasteiger partial charge in [0, 0.05) is 30.9 Å². The summed E-state index contributed by atoms with van der Waals surface area (Å²) in [6, 6.07) is 5.11. The minimum atomic E-state index is -0.831. The van der Waals surface area contributed by atoms with Crippen LogP contribution in [0.25, 0.3) is 11.1 Å². The van der Waals surface area contributed by atoms with Crippen LogP contribution in [0.4, 0.5) is 0 Å². The van der Waals surface area contributed by atoms with Crippen molar-refractivity contribution in [1.82, 2.24) is 20.2 Å². The molecular formula is C22H29N5O4. The highest BCUT2D eigenvalue weighted by molar-refractivity contribution is 5.90. The summed E-state index contributed by atoms with van der Waals surface area (Å²) in [5, 5.41) is 22.7. The minimum Gasteiger partial charge on any atom is -0.394 e. The molecule has 9 nitrogen and oxygen atoms in total. The third kappa shape index (κ3) is 5.25. The normalized spacial score (nSPS) is 20.5. The molecule has 0 bridgehead atoms. The number of β-amino-alcohol motifs (C(OH)–C–C–N with tert-alkyl or cyclic N) is 1. The van der Waals surface area contributed by atoms with Gasteiger partial charge < -0.3 is 26.2 Å². The van der Waals surface area contributed by atoms with Crippen LogP contribution >= 0.6 is 0 Å². The number of hydrogen-bond acceptors (Lipinski definition) is 7. The molecule has 0 radical (unpaired) electrons. The van der Waals surface area contributed by atoms with Crippen LogP contribution in [-0.4, -0.2) is 68.2 Å². The molecule has 31 heavy (non-hydrogen) atoms. The van der Waals surface area contributed by atoms with E-state index in [4.69, 9.17) is 5.73 Å². The second kappa shape index (κ2) is 9.95. The van der Waals surface area contributed by atoms with E-state index in [1.54, 1.807) is 12.4 Å². The Morgan fingerprint density at radius 3 is 2.42 bits per heavy atom. The monoisotopic (exact) mass is 427 g/mol. The molecule has 2 aromatic rings. The first-order valence-corrected chi connectivity index (χ1v) is 10.3. The molecule has 0 unspecified atom stereocenters. The van der Waals surface area contributed by atoms with Crippen LogP contribution in [0, 0.1) is 5.92 Å². The Balaban J connectivity index is 1.72. The maximum Gasteiger partial charge on any atom is 0.243 e. The molecule has 1 aromatic carbocycles. The van der Waals surface area contributed by atoms with Crippen molar-refractivity contribution in [1.29, 1.82) is 0 Å². The summed E-state index contributed by atoms with van der Waals surface area (Å²) < 4.78 is 0. The van der Waals surface area contributed by atoms with E-state index in [1.165, 1.54) is 11.2 Å². The van der Waals surface area contributed by atoms with Crippen LogP contribution < -0.4 is 11.1 Å². The number of likely N-dealkylation sites (tertiary alicyclic amines) is 1. The van der Waals surface area contributed by atoms with Crippen molar-refractivity contribution in [3.8, 4) is 11.1 Å². The SMILES string of the molecule is CC(C)[C@H](N)C(=O)N1C[C@H](O)C[C@H]1C(=O)N[C@@H](CO)c1ccc(-c2cncnc2)cc1. The maximum atomic E-state index is 12.9. The fourth-order valence-electron chi connectivity index (χ4n) is 3.64. The van der Waals surface area contributed by atoms with Crippen LogP contribution in [0.15, 0.2) is 43.0 Å². The number of amides is 2. The van der Waals surface area contributed by atoms with E-state index < -0.39 is 30.1 Å². The summed E-state index contributed by atoms with van der Waals surface area (Å²) in [6.45, 7) is 3.41. The van der Waals surface area contributed by atoms with E-state index in [-0.39, 0.29) is 31.4 Å². The van der Waals surface area contributed by atoms with Crippen molar-refractivity contribution < 1.29 is 19.8 Å². The van der Waals surface area contributed by atoms with Crippen molar-refractivity contribution >= 4 is 11.8 Å². The van der Waals surface area contributed by atoms with Gasteiger partial charge in [-0.2, -0.15) is 0 Å². The van der Waals surface area contributed by atoms with E-state index in [1.807, 2.05) is 38.1 Å². The number of aromatic nitrogens is 2. The van der Waals surface area contributed by atoms with Gasteiger partial charge in [-0.25, -0.2) is 9.97 Å². The van der Waals surface area contributed by atoms with Crippen LogP contribution in [0.3, 0.4) is 0 Å². The van der Waals surface area contributed by atoms with Crippen molar-refractivity contribution in [2.45, 2.75) is 44.5 Å². The highest BCUT2D eigenvalue weighted by atomic mass is 16.3. The number of hydrogen-bond donors (Lipinski definition) is 4. The average molecular weight is 428 g/mol. The molecule has 4 atom stereocenters. The molecule has 1 saturated heterocycles. The Morgan fingerprint density at radius 1 is 1.19 bits per heavy atom. The molecule has 1 aliphatic rings. The van der Waals surface area contributed by atoms with Gasteiger partial charge in [0.2, 0.25) is 11.8 Å². The van der Waals surface area contributed by atoms with Gasteiger partial charge in [0.05, 0.1) is 24.8 Å². The quantitative estimate of drug-likeness (QED) is 0.496. The van der Waals surface area contributed by atoms with Gasteiger partial charge in [0.25, 0.3) is 0 Å². The van der Waals surface area contributed by atoms with Gasteiger partial charge in [0.15, 0.2) is 0 Å². The number of rotatable bonds is 7. The van der Waals surface area contributed by atoms with Crippen molar-refractivity contribution in [3.05, 3.63) is 48.5 Å². The zero-order chi connectivity index (χ0) is 22.5. The third-order valence-corrected chi connectivity index (χ3v) is 5.57. The summed E-state index contributed by atoms with van der Waals surface area (Å²) in [7, 11) is 0. The first-order chi connectivity index (χ1) is 14.8. The summed E-state index contributed by atoms with van der Waals surface area (Å²) >= 11 is 0. The standard InChI is InChI=1S/C22H29N5O4/c1-13(2)20(23)22(31)27-10-17(29)7-19(27)21(30)26-18(11-28)15-5-3-14(4-6-15)16-8-24-12-25-9-16/h3-6,8-9,12-13,17-20,28-29H,7,10-11,23H2,1-2H3,(H,26,30)/t17-,18+,19+,20+/m1/s1. The van der Waals surface area contributed by atoms with E-state index >= 15 is 0 Å². The van der Waals surface area contributed by atoms with Gasteiger partial charge >= 0.3 is 0 Å². The molecule has 1 fully saturated rings. The van der Waals surface area contributed by atoms with Crippen molar-refractivity contribution in [2.24, 2.45) is 11.7 Å². The van der Waals surface area contributed by atoms with E-state index in [2.05, 4.69) is 15.3 Å². The van der Waals surface area contributed by atoms with E-state index in [0.717, 1.165) is 11.1 Å². The largest absolute Gasteiger partial charge is 0.394 e. The Labute approximate surface area is 181 Å². The number of nitrogens with two attached hydrogens (primary N) is 1. The predicted molar refractivity (Wildman–Crippen MR) is 114 cm³/mol. The lowest BCUT2D eigenvalue weighted by molar-refractivity contribution is -0.140. The molecule has 0 spiro atoms. The van der Waals surface area contributed by atoms with Crippen molar-refractivity contribution in [2.75, 3.05) is 13.2 Å². The van der Waals surface area contributed by atoms with Crippen LogP contribution in [-0.2, 0) is 9.59 Å². The fraction of sp³-hybridized carbons (Fsp3) is 0.455. The molecule has 1 aliphatic heterocycles. The summed E-state index contributed by atoms with van der Waals surface area (Å²) in [4.78, 5) is 35.0. The minimum absolute atomic E-state index is 0.0645. The van der Waals surface area contributed by atoms with Crippen LogP contribution in [0.2, 0.25) is 0 Å². The molecule has 3 rings (SSSR count). The molecule has 2 amide bonds. The Morgan fingerprint density at radius 2 is 1.84 bits per heavy atom. The Kier molecular flexibility index (Phi) is 7.32. The number of benzene rings is 1. The van der Waals surface area contributed by atoms with Gasteiger partial charge in [0.1, 0.15) is 12.4 Å².